The second-order valence-electron chi connectivity index (χ2n) is 4.31. The van der Waals surface area contributed by atoms with E-state index in [0.717, 1.165) is 16.5 Å². The number of nitrogens with one attached hydrogen (secondary N) is 1. The lowest BCUT2D eigenvalue weighted by Gasteiger charge is -2.18. The lowest BCUT2D eigenvalue weighted by atomic mass is 9.99. The van der Waals surface area contributed by atoms with Crippen LogP contribution in [0.5, 0.6) is 0 Å². The first-order valence-electron chi connectivity index (χ1n) is 5.97. The van der Waals surface area contributed by atoms with Crippen molar-refractivity contribution in [3.05, 3.63) is 68.9 Å². The van der Waals surface area contributed by atoms with E-state index in [1.807, 2.05) is 37.4 Å². The summed E-state index contributed by atoms with van der Waals surface area (Å²) in [5.74, 6) is -0.379. The normalized spacial score (nSPS) is 12.4. The standard InChI is InChI=1S/C15H14BrClFN/c1-19-14(9-10-5-7-11(16)8-6-10)12-3-2-4-13(18)15(12)17/h2-8,14,19H,9H2,1H3. The second kappa shape index (κ2) is 6.51. The molecule has 0 aliphatic rings. The van der Waals surface area contributed by atoms with Gasteiger partial charge in [0.05, 0.1) is 5.02 Å². The van der Waals surface area contributed by atoms with Gasteiger partial charge in [-0.3, -0.25) is 0 Å². The third-order valence-corrected chi connectivity index (χ3v) is 3.99. The summed E-state index contributed by atoms with van der Waals surface area (Å²) in [7, 11) is 1.85. The number of rotatable bonds is 4. The summed E-state index contributed by atoms with van der Waals surface area (Å²) in [5, 5.41) is 3.38. The lowest BCUT2D eigenvalue weighted by molar-refractivity contribution is 0.578. The molecule has 4 heteroatoms. The summed E-state index contributed by atoms with van der Waals surface area (Å²) < 4.78 is 14.5. The predicted octanol–water partition coefficient (Wildman–Crippen LogP) is 4.74. The van der Waals surface area contributed by atoms with E-state index in [-0.39, 0.29) is 16.9 Å². The average Bonchev–Trinajstić information content (AvgIpc) is 2.42. The molecule has 0 aliphatic heterocycles. The Kier molecular flexibility index (Phi) is 4.97. The first kappa shape index (κ1) is 14.5. The summed E-state index contributed by atoms with van der Waals surface area (Å²) in [4.78, 5) is 0. The van der Waals surface area contributed by atoms with E-state index in [1.54, 1.807) is 6.07 Å². The molecule has 1 atom stereocenters. The predicted molar refractivity (Wildman–Crippen MR) is 81.1 cm³/mol. The van der Waals surface area contributed by atoms with E-state index in [9.17, 15) is 4.39 Å². The van der Waals surface area contributed by atoms with E-state index >= 15 is 0 Å². The van der Waals surface area contributed by atoms with Crippen LogP contribution < -0.4 is 5.32 Å². The maximum absolute atomic E-state index is 13.5. The minimum atomic E-state index is -0.379. The highest BCUT2D eigenvalue weighted by molar-refractivity contribution is 9.10. The van der Waals surface area contributed by atoms with Gasteiger partial charge in [-0.2, -0.15) is 0 Å². The monoisotopic (exact) mass is 341 g/mol. The van der Waals surface area contributed by atoms with Gasteiger partial charge in [0, 0.05) is 10.5 Å². The van der Waals surface area contributed by atoms with Gasteiger partial charge in [-0.1, -0.05) is 51.8 Å². The van der Waals surface area contributed by atoms with Crippen LogP contribution in [-0.4, -0.2) is 7.05 Å². The van der Waals surface area contributed by atoms with Crippen LogP contribution in [-0.2, 0) is 6.42 Å². The van der Waals surface area contributed by atoms with Gasteiger partial charge in [-0.25, -0.2) is 4.39 Å². The number of benzene rings is 2. The molecule has 0 spiro atoms. The Morgan fingerprint density at radius 1 is 1.21 bits per heavy atom. The van der Waals surface area contributed by atoms with Crippen LogP contribution >= 0.6 is 27.5 Å². The van der Waals surface area contributed by atoms with Gasteiger partial charge in [-0.05, 0) is 42.8 Å². The van der Waals surface area contributed by atoms with Gasteiger partial charge in [0.25, 0.3) is 0 Å². The molecule has 1 N–H and O–H groups in total. The van der Waals surface area contributed by atoms with E-state index in [1.165, 1.54) is 11.6 Å². The van der Waals surface area contributed by atoms with Crippen molar-refractivity contribution in [2.75, 3.05) is 7.05 Å². The van der Waals surface area contributed by atoms with Crippen molar-refractivity contribution in [2.45, 2.75) is 12.5 Å². The van der Waals surface area contributed by atoms with Crippen molar-refractivity contribution in [3.63, 3.8) is 0 Å². The molecule has 1 unspecified atom stereocenters. The average molecular weight is 343 g/mol. The van der Waals surface area contributed by atoms with Crippen LogP contribution in [0.2, 0.25) is 5.02 Å². The van der Waals surface area contributed by atoms with E-state index in [0.29, 0.717) is 0 Å². The number of hydrogen-bond acceptors (Lipinski definition) is 1. The lowest BCUT2D eigenvalue weighted by Crippen LogP contribution is -2.19. The third-order valence-electron chi connectivity index (χ3n) is 3.06. The van der Waals surface area contributed by atoms with Gasteiger partial charge >= 0.3 is 0 Å². The molecule has 0 bridgehead atoms. The molecule has 2 aromatic carbocycles. The SMILES string of the molecule is CNC(Cc1ccc(Br)cc1)c1cccc(F)c1Cl. The zero-order valence-electron chi connectivity index (χ0n) is 10.5. The number of halogens is 3. The van der Waals surface area contributed by atoms with E-state index in [4.69, 9.17) is 11.6 Å². The molecular weight excluding hydrogens is 329 g/mol. The summed E-state index contributed by atoms with van der Waals surface area (Å²) in [6.07, 6.45) is 0.757. The van der Waals surface area contributed by atoms with Crippen LogP contribution in [0.15, 0.2) is 46.9 Å². The van der Waals surface area contributed by atoms with Crippen molar-refractivity contribution in [1.82, 2.24) is 5.32 Å². The molecular formula is C15H14BrClFN. The maximum atomic E-state index is 13.5. The van der Waals surface area contributed by atoms with Crippen LogP contribution in [0.4, 0.5) is 4.39 Å². The Balaban J connectivity index is 2.25. The Morgan fingerprint density at radius 3 is 2.53 bits per heavy atom. The molecule has 0 fully saturated rings. The smallest absolute Gasteiger partial charge is 0.142 e. The fraction of sp³-hybridized carbons (Fsp3) is 0.200. The number of likely N-dealkylation sites (N-methyl/N-ethyl adjacent to an activating group) is 1. The Hall–Kier alpha value is -0.900. The molecule has 0 amide bonds. The summed E-state index contributed by atoms with van der Waals surface area (Å²) >= 11 is 9.44. The van der Waals surface area contributed by atoms with Gasteiger partial charge in [0.15, 0.2) is 0 Å². The van der Waals surface area contributed by atoms with Crippen LogP contribution in [0, 0.1) is 5.82 Å². The molecule has 2 rings (SSSR count). The van der Waals surface area contributed by atoms with Crippen molar-refractivity contribution in [3.8, 4) is 0 Å². The molecule has 0 aliphatic carbocycles. The molecule has 1 nitrogen and oxygen atoms in total. The van der Waals surface area contributed by atoms with Gasteiger partial charge in [-0.15, -0.1) is 0 Å². The number of hydrogen-bond donors (Lipinski definition) is 1. The summed E-state index contributed by atoms with van der Waals surface area (Å²) in [5.41, 5.74) is 1.95. The van der Waals surface area contributed by atoms with Gasteiger partial charge in [0.1, 0.15) is 5.82 Å². The highest BCUT2D eigenvalue weighted by atomic mass is 79.9. The molecule has 0 aromatic heterocycles. The minimum Gasteiger partial charge on any atom is -0.313 e. The molecule has 100 valence electrons. The third kappa shape index (κ3) is 3.56. The first-order valence-corrected chi connectivity index (χ1v) is 7.14. The topological polar surface area (TPSA) is 12.0 Å². The molecule has 19 heavy (non-hydrogen) atoms. The van der Waals surface area contributed by atoms with E-state index < -0.39 is 0 Å². The Labute approximate surface area is 125 Å². The largest absolute Gasteiger partial charge is 0.313 e. The van der Waals surface area contributed by atoms with Crippen molar-refractivity contribution in [1.29, 1.82) is 0 Å². The van der Waals surface area contributed by atoms with Gasteiger partial charge < -0.3 is 5.32 Å². The van der Waals surface area contributed by atoms with Crippen LogP contribution in [0.3, 0.4) is 0 Å². The van der Waals surface area contributed by atoms with Gasteiger partial charge in [0.2, 0.25) is 0 Å². The molecule has 0 heterocycles. The van der Waals surface area contributed by atoms with Crippen molar-refractivity contribution >= 4 is 27.5 Å². The van der Waals surface area contributed by atoms with Crippen molar-refractivity contribution < 1.29 is 4.39 Å². The van der Waals surface area contributed by atoms with E-state index in [2.05, 4.69) is 21.2 Å². The Morgan fingerprint density at radius 2 is 1.89 bits per heavy atom. The fourth-order valence-corrected chi connectivity index (χ4v) is 2.54. The highest BCUT2D eigenvalue weighted by Gasteiger charge is 2.15. The molecule has 0 saturated carbocycles. The minimum absolute atomic E-state index is 0.00984. The highest BCUT2D eigenvalue weighted by Crippen LogP contribution is 2.28. The zero-order chi connectivity index (χ0) is 13.8. The quantitative estimate of drug-likeness (QED) is 0.846. The summed E-state index contributed by atoms with van der Waals surface area (Å²) in [6, 6.07) is 13.0. The Bertz CT molecular complexity index is 557. The molecule has 0 radical (unpaired) electrons. The van der Waals surface area contributed by atoms with Crippen LogP contribution in [0.25, 0.3) is 0 Å². The second-order valence-corrected chi connectivity index (χ2v) is 5.61. The van der Waals surface area contributed by atoms with Crippen LogP contribution in [0.1, 0.15) is 17.2 Å². The van der Waals surface area contributed by atoms with Crippen molar-refractivity contribution in [2.24, 2.45) is 0 Å². The summed E-state index contributed by atoms with van der Waals surface area (Å²) in [6.45, 7) is 0. The first-order chi connectivity index (χ1) is 9.11. The molecule has 2 aromatic rings. The fourth-order valence-electron chi connectivity index (χ4n) is 2.01. The zero-order valence-corrected chi connectivity index (χ0v) is 12.8. The maximum Gasteiger partial charge on any atom is 0.142 e. The molecule has 0 saturated heterocycles.